The Labute approximate surface area is 119 Å². The lowest BCUT2D eigenvalue weighted by Crippen LogP contribution is -2.41. The molecule has 0 radical (unpaired) electrons. The summed E-state index contributed by atoms with van der Waals surface area (Å²) >= 11 is 0. The molecule has 0 saturated heterocycles. The number of nitrogens with two attached hydrogens (primary N) is 1. The molecule has 1 rings (SSSR count). The Bertz CT molecular complexity index is 306. The first-order valence-corrected chi connectivity index (χ1v) is 7.94. The largest absolute Gasteiger partial charge is 0.359 e. The van der Waals surface area contributed by atoms with Crippen molar-refractivity contribution in [1.29, 1.82) is 0 Å². The average Bonchev–Trinajstić information content (AvgIpc) is 2.62. The molecule has 2 nitrogen and oxygen atoms in total. The monoisotopic (exact) mass is 264 g/mol. The number of unbranched alkanes of at least 4 members (excludes halogenated alkanes) is 2. The van der Waals surface area contributed by atoms with Gasteiger partial charge in [0.25, 0.3) is 0 Å². The summed E-state index contributed by atoms with van der Waals surface area (Å²) in [5.41, 5.74) is 8.97. The summed E-state index contributed by atoms with van der Waals surface area (Å²) in [6, 6.07) is 0. The maximum atomic E-state index is 6.37. The van der Waals surface area contributed by atoms with Crippen LogP contribution in [0.25, 0.3) is 0 Å². The molecule has 2 N–H and O–H groups in total. The molecule has 0 fully saturated rings. The van der Waals surface area contributed by atoms with Crippen LogP contribution >= 0.6 is 0 Å². The van der Waals surface area contributed by atoms with Crippen LogP contribution in [0.2, 0.25) is 0 Å². The van der Waals surface area contributed by atoms with Crippen LogP contribution in [0.15, 0.2) is 23.9 Å². The van der Waals surface area contributed by atoms with Crippen molar-refractivity contribution in [3.05, 3.63) is 23.9 Å². The highest BCUT2D eigenvalue weighted by Gasteiger charge is 2.20. The predicted molar refractivity (Wildman–Crippen MR) is 84.7 cm³/mol. The molecule has 2 atom stereocenters. The highest BCUT2D eigenvalue weighted by Crippen LogP contribution is 2.27. The molecular formula is C17H32N2. The number of rotatable bonds is 7. The van der Waals surface area contributed by atoms with E-state index in [0.29, 0.717) is 5.92 Å². The molecule has 0 aliphatic heterocycles. The standard InChI is InChI=1S/C17H32N2/c1-5-6-8-12-15(3)17(18)19(4)16-13-10-7-9-11-14(16)2/h13-14,17H,3,5-12,18H2,1-2,4H3/t14-,17?/m0/s1. The Balaban J connectivity index is 2.56. The van der Waals surface area contributed by atoms with Gasteiger partial charge >= 0.3 is 0 Å². The van der Waals surface area contributed by atoms with E-state index in [1.54, 1.807) is 0 Å². The Morgan fingerprint density at radius 2 is 2.21 bits per heavy atom. The van der Waals surface area contributed by atoms with E-state index in [0.717, 1.165) is 6.42 Å². The third-order valence-electron chi connectivity index (χ3n) is 4.29. The van der Waals surface area contributed by atoms with E-state index in [-0.39, 0.29) is 6.17 Å². The van der Waals surface area contributed by atoms with Gasteiger partial charge in [-0.1, -0.05) is 45.8 Å². The lowest BCUT2D eigenvalue weighted by Gasteiger charge is -2.33. The van der Waals surface area contributed by atoms with E-state index in [1.807, 2.05) is 0 Å². The van der Waals surface area contributed by atoms with Gasteiger partial charge in [-0.25, -0.2) is 0 Å². The lowest BCUT2D eigenvalue weighted by atomic mass is 10.00. The summed E-state index contributed by atoms with van der Waals surface area (Å²) < 4.78 is 0. The number of hydrogen-bond acceptors (Lipinski definition) is 2. The topological polar surface area (TPSA) is 29.3 Å². The second kappa shape index (κ2) is 8.42. The molecule has 0 heterocycles. The van der Waals surface area contributed by atoms with Crippen molar-refractivity contribution in [3.63, 3.8) is 0 Å². The van der Waals surface area contributed by atoms with Gasteiger partial charge in [-0.2, -0.15) is 0 Å². The highest BCUT2D eigenvalue weighted by molar-refractivity contribution is 5.13. The Kier molecular flexibility index (Phi) is 7.22. The van der Waals surface area contributed by atoms with Crippen LogP contribution in [0, 0.1) is 5.92 Å². The number of allylic oxidation sites excluding steroid dienone is 2. The smallest absolute Gasteiger partial charge is 0.0983 e. The summed E-state index contributed by atoms with van der Waals surface area (Å²) in [6.07, 6.45) is 12.3. The van der Waals surface area contributed by atoms with Crippen LogP contribution in [0.5, 0.6) is 0 Å². The van der Waals surface area contributed by atoms with Gasteiger partial charge in [-0.15, -0.1) is 0 Å². The summed E-state index contributed by atoms with van der Waals surface area (Å²) in [5, 5.41) is 0. The van der Waals surface area contributed by atoms with Crippen molar-refractivity contribution >= 4 is 0 Å². The van der Waals surface area contributed by atoms with E-state index in [1.165, 1.54) is 56.2 Å². The molecule has 2 heteroatoms. The normalized spacial score (nSPS) is 21.5. The van der Waals surface area contributed by atoms with Crippen molar-refractivity contribution < 1.29 is 0 Å². The molecule has 0 saturated carbocycles. The molecule has 0 amide bonds. The Hall–Kier alpha value is -0.760. The van der Waals surface area contributed by atoms with E-state index < -0.39 is 0 Å². The number of nitrogens with zero attached hydrogens (tertiary/aromatic N) is 1. The molecule has 0 aromatic heterocycles. The molecular weight excluding hydrogens is 232 g/mol. The van der Waals surface area contributed by atoms with Gasteiger partial charge in [0.1, 0.15) is 0 Å². The van der Waals surface area contributed by atoms with Crippen molar-refractivity contribution in [3.8, 4) is 0 Å². The van der Waals surface area contributed by atoms with Gasteiger partial charge in [0.2, 0.25) is 0 Å². The minimum atomic E-state index is -0.0244. The van der Waals surface area contributed by atoms with E-state index in [2.05, 4.69) is 38.5 Å². The number of likely N-dealkylation sites (N-methyl/N-ethyl adjacent to an activating group) is 1. The van der Waals surface area contributed by atoms with Gasteiger partial charge in [0.15, 0.2) is 0 Å². The van der Waals surface area contributed by atoms with Crippen molar-refractivity contribution in [2.75, 3.05) is 7.05 Å². The maximum absolute atomic E-state index is 6.37. The van der Waals surface area contributed by atoms with Gasteiger partial charge in [-0.05, 0) is 43.6 Å². The molecule has 0 aromatic carbocycles. The van der Waals surface area contributed by atoms with Crippen molar-refractivity contribution in [2.45, 2.75) is 71.4 Å². The minimum absolute atomic E-state index is 0.0244. The molecule has 1 aliphatic carbocycles. The predicted octanol–water partition coefficient (Wildman–Crippen LogP) is 4.43. The zero-order valence-corrected chi connectivity index (χ0v) is 13.1. The SMILES string of the molecule is C=C(CCCCC)C(N)N(C)C1=CCCCC[C@@H]1C. The lowest BCUT2D eigenvalue weighted by molar-refractivity contribution is 0.299. The third kappa shape index (κ3) is 5.02. The summed E-state index contributed by atoms with van der Waals surface area (Å²) in [7, 11) is 2.13. The third-order valence-corrected chi connectivity index (χ3v) is 4.29. The van der Waals surface area contributed by atoms with Gasteiger partial charge in [0.05, 0.1) is 6.17 Å². The number of hydrogen-bond donors (Lipinski definition) is 1. The molecule has 0 bridgehead atoms. The van der Waals surface area contributed by atoms with E-state index in [9.17, 15) is 0 Å². The fraction of sp³-hybridized carbons (Fsp3) is 0.765. The first-order valence-electron chi connectivity index (χ1n) is 7.94. The van der Waals surface area contributed by atoms with Crippen LogP contribution in [0.1, 0.15) is 65.2 Å². The minimum Gasteiger partial charge on any atom is -0.359 e. The molecule has 19 heavy (non-hydrogen) atoms. The van der Waals surface area contributed by atoms with Gasteiger partial charge < -0.3 is 10.6 Å². The summed E-state index contributed by atoms with van der Waals surface area (Å²) in [5.74, 6) is 0.627. The average molecular weight is 264 g/mol. The molecule has 110 valence electrons. The summed E-state index contributed by atoms with van der Waals surface area (Å²) in [6.45, 7) is 8.75. The van der Waals surface area contributed by atoms with Crippen molar-refractivity contribution in [1.82, 2.24) is 4.90 Å². The summed E-state index contributed by atoms with van der Waals surface area (Å²) in [4.78, 5) is 2.25. The second-order valence-corrected chi connectivity index (χ2v) is 5.99. The zero-order chi connectivity index (χ0) is 14.3. The fourth-order valence-corrected chi connectivity index (χ4v) is 2.87. The van der Waals surface area contributed by atoms with Crippen LogP contribution < -0.4 is 5.73 Å². The molecule has 1 unspecified atom stereocenters. The van der Waals surface area contributed by atoms with Crippen LogP contribution in [-0.2, 0) is 0 Å². The molecule has 0 aromatic rings. The fourth-order valence-electron chi connectivity index (χ4n) is 2.87. The highest BCUT2D eigenvalue weighted by atomic mass is 15.2. The first kappa shape index (κ1) is 16.3. The van der Waals surface area contributed by atoms with Crippen LogP contribution in [-0.4, -0.2) is 18.1 Å². The maximum Gasteiger partial charge on any atom is 0.0983 e. The van der Waals surface area contributed by atoms with Crippen LogP contribution in [0.4, 0.5) is 0 Å². The Morgan fingerprint density at radius 1 is 1.47 bits per heavy atom. The van der Waals surface area contributed by atoms with Gasteiger partial charge in [-0.3, -0.25) is 0 Å². The van der Waals surface area contributed by atoms with E-state index >= 15 is 0 Å². The zero-order valence-electron chi connectivity index (χ0n) is 13.1. The second-order valence-electron chi connectivity index (χ2n) is 5.99. The van der Waals surface area contributed by atoms with E-state index in [4.69, 9.17) is 5.73 Å². The van der Waals surface area contributed by atoms with Gasteiger partial charge in [0, 0.05) is 12.7 Å². The molecule has 0 spiro atoms. The molecule has 1 aliphatic rings. The Morgan fingerprint density at radius 3 is 2.89 bits per heavy atom. The first-order chi connectivity index (χ1) is 9.07. The quantitative estimate of drug-likeness (QED) is 0.418. The van der Waals surface area contributed by atoms with Crippen LogP contribution in [0.3, 0.4) is 0 Å². The van der Waals surface area contributed by atoms with Crippen molar-refractivity contribution in [2.24, 2.45) is 11.7 Å².